The SMILES string of the molecule is CC/C(=C\Cl)C(=O)c1ccccc1. The molecule has 0 saturated heterocycles. The molecule has 1 aromatic rings. The van der Waals surface area contributed by atoms with Gasteiger partial charge in [-0.15, -0.1) is 0 Å². The van der Waals surface area contributed by atoms with Crippen molar-refractivity contribution in [2.24, 2.45) is 0 Å². The topological polar surface area (TPSA) is 17.1 Å². The lowest BCUT2D eigenvalue weighted by Gasteiger charge is -2.01. The second-order valence-corrected chi connectivity index (χ2v) is 2.90. The maximum Gasteiger partial charge on any atom is 0.189 e. The zero-order valence-corrected chi connectivity index (χ0v) is 8.21. The van der Waals surface area contributed by atoms with Crippen LogP contribution >= 0.6 is 11.6 Å². The number of ketones is 1. The van der Waals surface area contributed by atoms with Gasteiger partial charge < -0.3 is 0 Å². The maximum atomic E-state index is 11.7. The van der Waals surface area contributed by atoms with Crippen molar-refractivity contribution in [1.29, 1.82) is 0 Å². The molecule has 68 valence electrons. The van der Waals surface area contributed by atoms with E-state index in [2.05, 4.69) is 0 Å². The summed E-state index contributed by atoms with van der Waals surface area (Å²) in [5, 5.41) is 0. The van der Waals surface area contributed by atoms with E-state index in [1.165, 1.54) is 5.54 Å². The molecule has 0 unspecified atom stereocenters. The van der Waals surface area contributed by atoms with Gasteiger partial charge in [0.25, 0.3) is 0 Å². The van der Waals surface area contributed by atoms with E-state index in [9.17, 15) is 4.79 Å². The van der Waals surface area contributed by atoms with Crippen LogP contribution in [0.2, 0.25) is 0 Å². The van der Waals surface area contributed by atoms with Crippen molar-refractivity contribution in [2.75, 3.05) is 0 Å². The molecule has 0 radical (unpaired) electrons. The molecule has 1 aromatic carbocycles. The van der Waals surface area contributed by atoms with Crippen molar-refractivity contribution < 1.29 is 4.79 Å². The summed E-state index contributed by atoms with van der Waals surface area (Å²) in [7, 11) is 0. The van der Waals surface area contributed by atoms with Crippen LogP contribution in [0.15, 0.2) is 41.4 Å². The minimum absolute atomic E-state index is 0.0121. The Morgan fingerprint density at radius 3 is 2.46 bits per heavy atom. The van der Waals surface area contributed by atoms with E-state index in [1.54, 1.807) is 12.1 Å². The Morgan fingerprint density at radius 2 is 2.00 bits per heavy atom. The normalized spacial score (nSPS) is 11.4. The van der Waals surface area contributed by atoms with Gasteiger partial charge in [0, 0.05) is 16.7 Å². The summed E-state index contributed by atoms with van der Waals surface area (Å²) >= 11 is 5.53. The first-order chi connectivity index (χ1) is 6.29. The summed E-state index contributed by atoms with van der Waals surface area (Å²) in [5.74, 6) is 0.0121. The van der Waals surface area contributed by atoms with E-state index in [0.717, 1.165) is 0 Å². The molecule has 0 aliphatic rings. The molecule has 0 fully saturated rings. The highest BCUT2D eigenvalue weighted by molar-refractivity contribution is 6.28. The summed E-state index contributed by atoms with van der Waals surface area (Å²) in [4.78, 5) is 11.7. The first-order valence-corrected chi connectivity index (χ1v) is 4.62. The number of rotatable bonds is 3. The van der Waals surface area contributed by atoms with Crippen LogP contribution in [-0.4, -0.2) is 5.78 Å². The zero-order chi connectivity index (χ0) is 9.68. The van der Waals surface area contributed by atoms with Crippen LogP contribution in [-0.2, 0) is 0 Å². The predicted molar refractivity (Wildman–Crippen MR) is 55.0 cm³/mol. The number of Topliss-reactive ketones (excluding diaryl/α,β-unsaturated/α-hetero) is 1. The summed E-state index contributed by atoms with van der Waals surface area (Å²) in [6, 6.07) is 9.15. The van der Waals surface area contributed by atoms with Crippen LogP contribution in [0.1, 0.15) is 23.7 Å². The number of carbonyl (C=O) groups excluding carboxylic acids is 1. The number of carbonyl (C=O) groups is 1. The molecule has 2 heteroatoms. The van der Waals surface area contributed by atoms with E-state index in [4.69, 9.17) is 11.6 Å². The van der Waals surface area contributed by atoms with Gasteiger partial charge in [0.1, 0.15) is 0 Å². The molecular weight excluding hydrogens is 184 g/mol. The largest absolute Gasteiger partial charge is 0.289 e. The Bertz CT molecular complexity index is 314. The lowest BCUT2D eigenvalue weighted by Crippen LogP contribution is -2.01. The fourth-order valence-electron chi connectivity index (χ4n) is 1.06. The molecular formula is C11H11ClO. The minimum Gasteiger partial charge on any atom is -0.289 e. The number of benzene rings is 1. The third-order valence-electron chi connectivity index (χ3n) is 1.84. The molecule has 0 bridgehead atoms. The molecule has 0 saturated carbocycles. The van der Waals surface area contributed by atoms with E-state index in [-0.39, 0.29) is 5.78 Å². The lowest BCUT2D eigenvalue weighted by atomic mass is 10.0. The average Bonchev–Trinajstić information content (AvgIpc) is 2.21. The van der Waals surface area contributed by atoms with Gasteiger partial charge >= 0.3 is 0 Å². The van der Waals surface area contributed by atoms with Gasteiger partial charge in [0.05, 0.1) is 0 Å². The molecule has 0 aromatic heterocycles. The summed E-state index contributed by atoms with van der Waals surface area (Å²) in [6.45, 7) is 1.91. The van der Waals surface area contributed by atoms with E-state index in [0.29, 0.717) is 17.6 Å². The number of hydrogen-bond donors (Lipinski definition) is 0. The Morgan fingerprint density at radius 1 is 1.38 bits per heavy atom. The summed E-state index contributed by atoms with van der Waals surface area (Å²) in [6.07, 6.45) is 0.664. The molecule has 0 atom stereocenters. The lowest BCUT2D eigenvalue weighted by molar-refractivity contribution is 0.103. The highest BCUT2D eigenvalue weighted by Crippen LogP contribution is 2.11. The highest BCUT2D eigenvalue weighted by Gasteiger charge is 2.08. The zero-order valence-electron chi connectivity index (χ0n) is 7.46. The average molecular weight is 195 g/mol. The van der Waals surface area contributed by atoms with Crippen LogP contribution < -0.4 is 0 Å². The Kier molecular flexibility index (Phi) is 3.71. The van der Waals surface area contributed by atoms with Crippen molar-refractivity contribution in [3.63, 3.8) is 0 Å². The van der Waals surface area contributed by atoms with Crippen LogP contribution in [0, 0.1) is 0 Å². The number of hydrogen-bond acceptors (Lipinski definition) is 1. The van der Waals surface area contributed by atoms with Crippen molar-refractivity contribution in [3.05, 3.63) is 47.0 Å². The molecule has 0 amide bonds. The quantitative estimate of drug-likeness (QED) is 0.533. The Balaban J connectivity index is 2.92. The third-order valence-corrected chi connectivity index (χ3v) is 2.10. The van der Waals surface area contributed by atoms with Crippen molar-refractivity contribution >= 4 is 17.4 Å². The van der Waals surface area contributed by atoms with Crippen LogP contribution in [0.25, 0.3) is 0 Å². The van der Waals surface area contributed by atoms with Crippen LogP contribution in [0.5, 0.6) is 0 Å². The monoisotopic (exact) mass is 194 g/mol. The van der Waals surface area contributed by atoms with Crippen molar-refractivity contribution in [3.8, 4) is 0 Å². The van der Waals surface area contributed by atoms with E-state index < -0.39 is 0 Å². The van der Waals surface area contributed by atoms with Gasteiger partial charge in [0.2, 0.25) is 0 Å². The van der Waals surface area contributed by atoms with Gasteiger partial charge in [-0.3, -0.25) is 4.79 Å². The predicted octanol–water partition coefficient (Wildman–Crippen LogP) is 3.40. The molecule has 1 nitrogen and oxygen atoms in total. The first-order valence-electron chi connectivity index (χ1n) is 4.18. The number of allylic oxidation sites excluding steroid dienone is 1. The molecule has 0 heterocycles. The van der Waals surface area contributed by atoms with Gasteiger partial charge in [-0.1, -0.05) is 48.9 Å². The second-order valence-electron chi connectivity index (χ2n) is 2.68. The molecule has 13 heavy (non-hydrogen) atoms. The van der Waals surface area contributed by atoms with Crippen LogP contribution in [0.4, 0.5) is 0 Å². The first kappa shape index (κ1) is 10.0. The van der Waals surface area contributed by atoms with E-state index in [1.807, 2.05) is 25.1 Å². The fourth-order valence-corrected chi connectivity index (χ4v) is 1.32. The summed E-state index contributed by atoms with van der Waals surface area (Å²) in [5.41, 5.74) is 2.69. The van der Waals surface area contributed by atoms with Gasteiger partial charge in [-0.2, -0.15) is 0 Å². The molecule has 0 aliphatic carbocycles. The fraction of sp³-hybridized carbons (Fsp3) is 0.182. The maximum absolute atomic E-state index is 11.7. The van der Waals surface area contributed by atoms with Crippen molar-refractivity contribution in [1.82, 2.24) is 0 Å². The Hall–Kier alpha value is -1.08. The molecule has 0 spiro atoms. The van der Waals surface area contributed by atoms with Crippen LogP contribution in [0.3, 0.4) is 0 Å². The van der Waals surface area contributed by atoms with Gasteiger partial charge in [-0.25, -0.2) is 0 Å². The van der Waals surface area contributed by atoms with Gasteiger partial charge in [-0.05, 0) is 6.42 Å². The molecule has 1 rings (SSSR count). The Labute approximate surface area is 83.0 Å². The van der Waals surface area contributed by atoms with Gasteiger partial charge in [0.15, 0.2) is 5.78 Å². The minimum atomic E-state index is 0.0121. The van der Waals surface area contributed by atoms with E-state index >= 15 is 0 Å². The molecule has 0 N–H and O–H groups in total. The number of halogens is 1. The molecule has 0 aliphatic heterocycles. The highest BCUT2D eigenvalue weighted by atomic mass is 35.5. The summed E-state index contributed by atoms with van der Waals surface area (Å²) < 4.78 is 0. The smallest absolute Gasteiger partial charge is 0.189 e. The van der Waals surface area contributed by atoms with Crippen molar-refractivity contribution in [2.45, 2.75) is 13.3 Å². The second kappa shape index (κ2) is 4.83. The standard InChI is InChI=1S/C11H11ClO/c1-2-9(8-12)11(13)10-6-4-3-5-7-10/h3-8H,2H2,1H3/b9-8+. The third kappa shape index (κ3) is 2.43.